The van der Waals surface area contributed by atoms with Crippen molar-refractivity contribution in [3.63, 3.8) is 0 Å². The minimum Gasteiger partial charge on any atom is -0.515 e. The van der Waals surface area contributed by atoms with E-state index in [0.29, 0.717) is 50.7 Å². The van der Waals surface area contributed by atoms with Crippen LogP contribution in [0.25, 0.3) is 16.7 Å². The van der Waals surface area contributed by atoms with Gasteiger partial charge in [-0.05, 0) is 53.1 Å². The molecule has 3 aromatic carbocycles. The summed E-state index contributed by atoms with van der Waals surface area (Å²) in [4.78, 5) is 13.7. The van der Waals surface area contributed by atoms with Crippen molar-refractivity contribution in [2.75, 3.05) is 21.3 Å². The minimum absolute atomic E-state index is 0.114. The molecule has 0 radical (unpaired) electrons. The van der Waals surface area contributed by atoms with E-state index in [-0.39, 0.29) is 17.5 Å². The topological polar surface area (TPSA) is 127 Å². The summed E-state index contributed by atoms with van der Waals surface area (Å²) in [7, 11) is 4.69. The maximum Gasteiger partial charge on any atom is 0.167 e. The van der Waals surface area contributed by atoms with E-state index in [9.17, 15) is 15.3 Å². The summed E-state index contributed by atoms with van der Waals surface area (Å²) in [6.45, 7) is 0. The van der Waals surface area contributed by atoms with Crippen LogP contribution < -0.4 is 14.2 Å². The lowest BCUT2D eigenvalue weighted by atomic mass is 10.0. The zero-order valence-corrected chi connectivity index (χ0v) is 21.6. The van der Waals surface area contributed by atoms with Crippen LogP contribution in [0.15, 0.2) is 91.6 Å². The third kappa shape index (κ3) is 5.83. The summed E-state index contributed by atoms with van der Waals surface area (Å²) in [6, 6.07) is 21.0. The van der Waals surface area contributed by atoms with E-state index in [1.807, 2.05) is 0 Å². The number of hydrogen-bond donors (Lipinski definition) is 3. The van der Waals surface area contributed by atoms with Crippen LogP contribution in [0, 0.1) is 0 Å². The number of aliphatic hydroxyl groups excluding tert-OH is 3. The summed E-state index contributed by atoms with van der Waals surface area (Å²) >= 11 is 0. The molecular weight excluding hydrogens is 498 g/mol. The standard InChI is InChI=1S/C30H27N3O6/c1-37-22-10-4-19(5-11-22)25(16-34)28-31-29(26(17-35)20-6-12-23(38-2)13-7-20)33-30(32-28)27(18-36)21-8-14-24(39-3)15-9-21/h4-18,34-36H,1-3H3/b25-16+,26-17+,27-18+. The summed E-state index contributed by atoms with van der Waals surface area (Å²) in [5.41, 5.74) is 2.71. The fraction of sp³-hybridized carbons (Fsp3) is 0.100. The maximum atomic E-state index is 10.2. The lowest BCUT2D eigenvalue weighted by Gasteiger charge is -2.14. The zero-order valence-electron chi connectivity index (χ0n) is 21.6. The second-order valence-corrected chi connectivity index (χ2v) is 8.12. The fourth-order valence-corrected chi connectivity index (χ4v) is 3.83. The Morgan fingerprint density at radius 2 is 0.692 bits per heavy atom. The van der Waals surface area contributed by atoms with Gasteiger partial charge in [0, 0.05) is 0 Å². The molecule has 0 spiro atoms. The quantitative estimate of drug-likeness (QED) is 0.234. The van der Waals surface area contributed by atoms with E-state index in [4.69, 9.17) is 14.2 Å². The van der Waals surface area contributed by atoms with Crippen LogP contribution in [0.2, 0.25) is 0 Å². The summed E-state index contributed by atoms with van der Waals surface area (Å²) in [5, 5.41) is 30.7. The third-order valence-electron chi connectivity index (χ3n) is 5.95. The molecule has 39 heavy (non-hydrogen) atoms. The summed E-state index contributed by atoms with van der Waals surface area (Å²) < 4.78 is 15.7. The zero-order chi connectivity index (χ0) is 27.8. The number of aromatic nitrogens is 3. The highest BCUT2D eigenvalue weighted by molar-refractivity contribution is 5.82. The van der Waals surface area contributed by atoms with E-state index in [0.717, 1.165) is 18.8 Å². The van der Waals surface area contributed by atoms with Crippen molar-refractivity contribution >= 4 is 16.7 Å². The van der Waals surface area contributed by atoms with Crippen molar-refractivity contribution < 1.29 is 29.5 Å². The number of nitrogens with zero attached hydrogens (tertiary/aromatic N) is 3. The van der Waals surface area contributed by atoms with Gasteiger partial charge in [0.1, 0.15) is 17.2 Å². The molecule has 1 heterocycles. The molecule has 0 amide bonds. The lowest BCUT2D eigenvalue weighted by Crippen LogP contribution is -2.09. The number of methoxy groups -OCH3 is 3. The lowest BCUT2D eigenvalue weighted by molar-refractivity contribution is 0.414. The van der Waals surface area contributed by atoms with Crippen molar-refractivity contribution in [3.05, 3.63) is 126 Å². The molecule has 0 saturated carbocycles. The second kappa shape index (κ2) is 12.3. The average molecular weight is 526 g/mol. The largest absolute Gasteiger partial charge is 0.515 e. The third-order valence-corrected chi connectivity index (χ3v) is 5.95. The van der Waals surface area contributed by atoms with Gasteiger partial charge in [0.05, 0.1) is 56.8 Å². The molecule has 4 rings (SSSR count). The Bertz CT molecular complexity index is 1310. The molecule has 9 nitrogen and oxygen atoms in total. The van der Waals surface area contributed by atoms with Gasteiger partial charge in [0.15, 0.2) is 17.5 Å². The van der Waals surface area contributed by atoms with E-state index in [1.54, 1.807) is 94.1 Å². The van der Waals surface area contributed by atoms with Crippen molar-refractivity contribution in [2.24, 2.45) is 0 Å². The van der Waals surface area contributed by atoms with Gasteiger partial charge in [-0.1, -0.05) is 36.4 Å². The number of ether oxygens (including phenoxy) is 3. The van der Waals surface area contributed by atoms with Gasteiger partial charge in [-0.2, -0.15) is 0 Å². The molecule has 1 aromatic heterocycles. The van der Waals surface area contributed by atoms with E-state index < -0.39 is 0 Å². The average Bonchev–Trinajstić information content (AvgIpc) is 2.99. The first-order chi connectivity index (χ1) is 19.0. The maximum absolute atomic E-state index is 10.2. The molecule has 0 atom stereocenters. The summed E-state index contributed by atoms with van der Waals surface area (Å²) in [6.07, 6.45) is 2.70. The van der Waals surface area contributed by atoms with Crippen LogP contribution in [0.4, 0.5) is 0 Å². The first-order valence-electron chi connectivity index (χ1n) is 11.8. The number of benzene rings is 3. The smallest absolute Gasteiger partial charge is 0.167 e. The number of aliphatic hydroxyl groups is 3. The van der Waals surface area contributed by atoms with Crippen molar-refractivity contribution in [2.45, 2.75) is 0 Å². The van der Waals surface area contributed by atoms with Crippen LogP contribution in [-0.2, 0) is 0 Å². The molecule has 9 heteroatoms. The summed E-state index contributed by atoms with van der Waals surface area (Å²) in [5.74, 6) is 2.27. The molecule has 4 aromatic rings. The normalized spacial score (nSPS) is 12.2. The first-order valence-corrected chi connectivity index (χ1v) is 11.8. The van der Waals surface area contributed by atoms with E-state index in [2.05, 4.69) is 15.0 Å². The molecule has 0 aliphatic heterocycles. The highest BCUT2D eigenvalue weighted by Crippen LogP contribution is 2.29. The molecule has 3 N–H and O–H groups in total. The Balaban J connectivity index is 1.90. The van der Waals surface area contributed by atoms with Crippen LogP contribution in [-0.4, -0.2) is 51.6 Å². The van der Waals surface area contributed by atoms with Crippen molar-refractivity contribution in [1.82, 2.24) is 15.0 Å². The Hall–Kier alpha value is -5.31. The Labute approximate surface area is 225 Å². The van der Waals surface area contributed by atoms with Gasteiger partial charge >= 0.3 is 0 Å². The molecule has 0 bridgehead atoms. The van der Waals surface area contributed by atoms with Crippen molar-refractivity contribution in [1.29, 1.82) is 0 Å². The van der Waals surface area contributed by atoms with Gasteiger partial charge in [-0.25, -0.2) is 15.0 Å². The molecule has 0 saturated heterocycles. The van der Waals surface area contributed by atoms with Crippen LogP contribution >= 0.6 is 0 Å². The highest BCUT2D eigenvalue weighted by atomic mass is 16.5. The molecule has 0 unspecified atom stereocenters. The molecular formula is C30H27N3O6. The minimum atomic E-state index is 0.114. The predicted octanol–water partition coefficient (Wildman–Crippen LogP) is 5.74. The molecule has 0 aliphatic rings. The first kappa shape index (κ1) is 26.7. The van der Waals surface area contributed by atoms with E-state index in [1.165, 1.54) is 0 Å². The number of rotatable bonds is 9. The fourth-order valence-electron chi connectivity index (χ4n) is 3.83. The monoisotopic (exact) mass is 525 g/mol. The highest BCUT2D eigenvalue weighted by Gasteiger charge is 2.20. The van der Waals surface area contributed by atoms with Gasteiger partial charge < -0.3 is 29.5 Å². The van der Waals surface area contributed by atoms with E-state index >= 15 is 0 Å². The van der Waals surface area contributed by atoms with Crippen LogP contribution in [0.1, 0.15) is 34.2 Å². The van der Waals surface area contributed by atoms with Crippen LogP contribution in [0.5, 0.6) is 17.2 Å². The van der Waals surface area contributed by atoms with Gasteiger partial charge in [-0.15, -0.1) is 0 Å². The number of hydrogen-bond acceptors (Lipinski definition) is 9. The Kier molecular flexibility index (Phi) is 8.43. The van der Waals surface area contributed by atoms with Gasteiger partial charge in [0.2, 0.25) is 0 Å². The molecule has 0 aliphatic carbocycles. The molecule has 198 valence electrons. The Morgan fingerprint density at radius 3 is 0.872 bits per heavy atom. The van der Waals surface area contributed by atoms with Gasteiger partial charge in [0.25, 0.3) is 0 Å². The van der Waals surface area contributed by atoms with Gasteiger partial charge in [-0.3, -0.25) is 0 Å². The van der Waals surface area contributed by atoms with Crippen molar-refractivity contribution in [3.8, 4) is 17.2 Å². The van der Waals surface area contributed by atoms with Crippen LogP contribution in [0.3, 0.4) is 0 Å². The molecule has 0 fully saturated rings. The SMILES string of the molecule is COc1ccc(/C(=C\O)c2nc(/C(=C/O)c3ccc(OC)cc3)nc(/C(=C/O)c3ccc(OC)cc3)n2)cc1. The predicted molar refractivity (Wildman–Crippen MR) is 148 cm³/mol. The second-order valence-electron chi connectivity index (χ2n) is 8.12. The Morgan fingerprint density at radius 1 is 0.462 bits per heavy atom.